The Kier molecular flexibility index (Phi) is 3.88. The van der Waals surface area contributed by atoms with Crippen LogP contribution < -0.4 is 10.5 Å². The summed E-state index contributed by atoms with van der Waals surface area (Å²) in [7, 11) is 1.28. The second kappa shape index (κ2) is 4.77. The van der Waals surface area contributed by atoms with E-state index in [9.17, 15) is 8.78 Å². The highest BCUT2D eigenvalue weighted by molar-refractivity contribution is 6.30. The van der Waals surface area contributed by atoms with Crippen LogP contribution in [0.4, 0.5) is 8.78 Å². The second-order valence-corrected chi connectivity index (χ2v) is 3.65. The summed E-state index contributed by atoms with van der Waals surface area (Å²) in [4.78, 5) is 0. The molecule has 0 saturated heterocycles. The summed E-state index contributed by atoms with van der Waals surface area (Å²) < 4.78 is 31.3. The summed E-state index contributed by atoms with van der Waals surface area (Å²) >= 11 is 5.54. The van der Waals surface area contributed by atoms with E-state index >= 15 is 0 Å². The Morgan fingerprint density at radius 2 is 2.07 bits per heavy atom. The quantitative estimate of drug-likeness (QED) is 0.818. The van der Waals surface area contributed by atoms with Crippen LogP contribution in [0.15, 0.2) is 6.07 Å². The van der Waals surface area contributed by atoms with Crippen LogP contribution in [0.2, 0.25) is 5.02 Å². The van der Waals surface area contributed by atoms with Crippen LogP contribution in [-0.4, -0.2) is 13.7 Å². The molecule has 0 heterocycles. The predicted octanol–water partition coefficient (Wildman–Crippen LogP) is 2.69. The van der Waals surface area contributed by atoms with Crippen molar-refractivity contribution in [3.05, 3.63) is 28.3 Å². The van der Waals surface area contributed by atoms with Crippen molar-refractivity contribution < 1.29 is 13.5 Å². The Bertz CT molecular complexity index is 371. The average molecular weight is 236 g/mol. The fourth-order valence-electron chi connectivity index (χ4n) is 1.30. The first-order valence-electron chi connectivity index (χ1n) is 4.44. The van der Waals surface area contributed by atoms with Crippen molar-refractivity contribution in [3.63, 3.8) is 0 Å². The van der Waals surface area contributed by atoms with Crippen LogP contribution in [0.1, 0.15) is 18.4 Å². The molecule has 2 N–H and O–H groups in total. The van der Waals surface area contributed by atoms with Crippen LogP contribution in [0.5, 0.6) is 5.75 Å². The van der Waals surface area contributed by atoms with E-state index in [1.807, 2.05) is 0 Å². The summed E-state index contributed by atoms with van der Waals surface area (Å²) in [5, 5.41) is -0.261. The molecule has 0 aromatic heterocycles. The predicted molar refractivity (Wildman–Crippen MR) is 55.4 cm³/mol. The summed E-state index contributed by atoms with van der Waals surface area (Å²) in [6.07, 6.45) is 0. The number of benzene rings is 1. The summed E-state index contributed by atoms with van der Waals surface area (Å²) in [5.74, 6) is -2.44. The maximum atomic E-state index is 13.4. The summed E-state index contributed by atoms with van der Waals surface area (Å²) in [5.41, 5.74) is 5.93. The molecule has 1 aromatic rings. The Labute approximate surface area is 92.0 Å². The zero-order valence-electron chi connectivity index (χ0n) is 8.48. The van der Waals surface area contributed by atoms with Crippen LogP contribution >= 0.6 is 11.6 Å². The van der Waals surface area contributed by atoms with Crippen LogP contribution in [0, 0.1) is 11.6 Å². The highest BCUT2D eigenvalue weighted by atomic mass is 35.5. The van der Waals surface area contributed by atoms with E-state index in [1.54, 1.807) is 6.92 Å². The molecule has 0 saturated carbocycles. The molecule has 0 fully saturated rings. The highest BCUT2D eigenvalue weighted by Crippen LogP contribution is 2.34. The van der Waals surface area contributed by atoms with Gasteiger partial charge in [-0.3, -0.25) is 0 Å². The third-order valence-electron chi connectivity index (χ3n) is 2.23. The van der Waals surface area contributed by atoms with Gasteiger partial charge in [0, 0.05) is 5.56 Å². The average Bonchev–Trinajstić information content (AvgIpc) is 2.24. The molecule has 15 heavy (non-hydrogen) atoms. The lowest BCUT2D eigenvalue weighted by atomic mass is 10.00. The number of methoxy groups -OCH3 is 1. The van der Waals surface area contributed by atoms with Gasteiger partial charge in [0.2, 0.25) is 5.82 Å². The van der Waals surface area contributed by atoms with E-state index < -0.39 is 11.6 Å². The smallest absolute Gasteiger partial charge is 0.202 e. The third kappa shape index (κ3) is 2.21. The van der Waals surface area contributed by atoms with Crippen LogP contribution in [-0.2, 0) is 0 Å². The lowest BCUT2D eigenvalue weighted by Crippen LogP contribution is -2.11. The van der Waals surface area contributed by atoms with Gasteiger partial charge in [0.1, 0.15) is 0 Å². The minimum absolute atomic E-state index is 0.130. The largest absolute Gasteiger partial charge is 0.493 e. The molecule has 84 valence electrons. The number of hydrogen-bond donors (Lipinski definition) is 1. The molecular formula is C10H12ClF2NO. The van der Waals surface area contributed by atoms with Gasteiger partial charge in [0.25, 0.3) is 0 Å². The molecule has 1 atom stereocenters. The van der Waals surface area contributed by atoms with Gasteiger partial charge in [-0.2, -0.15) is 4.39 Å². The molecule has 1 rings (SSSR count). The Morgan fingerprint density at radius 3 is 2.53 bits per heavy atom. The molecule has 0 aliphatic heterocycles. The van der Waals surface area contributed by atoms with Crippen LogP contribution in [0.3, 0.4) is 0 Å². The van der Waals surface area contributed by atoms with Gasteiger partial charge in [0.15, 0.2) is 11.6 Å². The van der Waals surface area contributed by atoms with Crippen molar-refractivity contribution in [2.45, 2.75) is 12.8 Å². The molecule has 0 amide bonds. The minimum atomic E-state index is -1.10. The monoisotopic (exact) mass is 235 g/mol. The van der Waals surface area contributed by atoms with Crippen molar-refractivity contribution >= 4 is 11.6 Å². The standard InChI is InChI=1S/C10H12ClF2NO/c1-5(4-14)6-3-7(11)8(12)9(13)10(6)15-2/h3,5H,4,14H2,1-2H3. The number of halogens is 3. The molecule has 1 unspecified atom stereocenters. The molecule has 0 aliphatic carbocycles. The first-order chi connectivity index (χ1) is 7.02. The summed E-state index contributed by atoms with van der Waals surface area (Å²) in [6.45, 7) is 2.09. The van der Waals surface area contributed by atoms with Gasteiger partial charge < -0.3 is 10.5 Å². The normalized spacial score (nSPS) is 12.7. The molecule has 1 aromatic carbocycles. The summed E-state index contributed by atoms with van der Waals surface area (Å²) in [6, 6.07) is 1.34. The zero-order valence-corrected chi connectivity index (χ0v) is 9.24. The molecule has 0 radical (unpaired) electrons. The van der Waals surface area contributed by atoms with Gasteiger partial charge >= 0.3 is 0 Å². The molecular weight excluding hydrogens is 224 g/mol. The molecule has 0 bridgehead atoms. The SMILES string of the molecule is COc1c(C(C)CN)cc(Cl)c(F)c1F. The van der Waals surface area contributed by atoms with Gasteiger partial charge in [-0.1, -0.05) is 18.5 Å². The number of hydrogen-bond acceptors (Lipinski definition) is 2. The Balaban J connectivity index is 3.38. The molecule has 0 spiro atoms. The van der Waals surface area contributed by atoms with Crippen molar-refractivity contribution in [2.75, 3.05) is 13.7 Å². The van der Waals surface area contributed by atoms with Gasteiger partial charge in [-0.25, -0.2) is 4.39 Å². The van der Waals surface area contributed by atoms with E-state index in [4.69, 9.17) is 22.1 Å². The molecule has 0 aliphatic rings. The van der Waals surface area contributed by atoms with Crippen molar-refractivity contribution in [2.24, 2.45) is 5.73 Å². The third-order valence-corrected chi connectivity index (χ3v) is 2.51. The van der Waals surface area contributed by atoms with Gasteiger partial charge in [-0.05, 0) is 18.5 Å². The van der Waals surface area contributed by atoms with E-state index in [1.165, 1.54) is 13.2 Å². The van der Waals surface area contributed by atoms with Crippen molar-refractivity contribution in [3.8, 4) is 5.75 Å². The van der Waals surface area contributed by atoms with Gasteiger partial charge in [0.05, 0.1) is 12.1 Å². The fourth-order valence-corrected chi connectivity index (χ4v) is 1.50. The van der Waals surface area contributed by atoms with Crippen molar-refractivity contribution in [1.82, 2.24) is 0 Å². The lowest BCUT2D eigenvalue weighted by Gasteiger charge is -2.15. The fraction of sp³-hybridized carbons (Fsp3) is 0.400. The Morgan fingerprint density at radius 1 is 1.47 bits per heavy atom. The topological polar surface area (TPSA) is 35.2 Å². The number of rotatable bonds is 3. The minimum Gasteiger partial charge on any atom is -0.493 e. The molecule has 2 nitrogen and oxygen atoms in total. The highest BCUT2D eigenvalue weighted by Gasteiger charge is 2.20. The number of ether oxygens (including phenoxy) is 1. The Hall–Kier alpha value is -0.870. The maximum absolute atomic E-state index is 13.4. The first-order valence-corrected chi connectivity index (χ1v) is 4.82. The zero-order chi connectivity index (χ0) is 11.6. The van der Waals surface area contributed by atoms with E-state index in [0.717, 1.165) is 0 Å². The number of nitrogens with two attached hydrogens (primary N) is 1. The van der Waals surface area contributed by atoms with E-state index in [-0.39, 0.29) is 16.7 Å². The second-order valence-electron chi connectivity index (χ2n) is 3.25. The molecule has 5 heteroatoms. The van der Waals surface area contributed by atoms with E-state index in [0.29, 0.717) is 12.1 Å². The van der Waals surface area contributed by atoms with Crippen molar-refractivity contribution in [1.29, 1.82) is 0 Å². The van der Waals surface area contributed by atoms with Gasteiger partial charge in [-0.15, -0.1) is 0 Å². The maximum Gasteiger partial charge on any atom is 0.202 e. The van der Waals surface area contributed by atoms with E-state index in [2.05, 4.69) is 0 Å². The van der Waals surface area contributed by atoms with Crippen LogP contribution in [0.25, 0.3) is 0 Å². The first kappa shape index (κ1) is 12.2. The lowest BCUT2D eigenvalue weighted by molar-refractivity contribution is 0.364.